The van der Waals surface area contributed by atoms with Crippen LogP contribution in [0.25, 0.3) is 0 Å². The van der Waals surface area contributed by atoms with Gasteiger partial charge in [-0.05, 0) is 26.3 Å². The lowest BCUT2D eigenvalue weighted by Crippen LogP contribution is -2.48. The molecule has 0 bridgehead atoms. The molecule has 21 heavy (non-hydrogen) atoms. The highest BCUT2D eigenvalue weighted by Crippen LogP contribution is 2.00. The van der Waals surface area contributed by atoms with E-state index < -0.39 is 0 Å². The molecule has 0 aliphatic carbocycles. The molecule has 0 spiro atoms. The van der Waals surface area contributed by atoms with E-state index in [1.807, 2.05) is 6.92 Å². The fourth-order valence-corrected chi connectivity index (χ4v) is 2.31. The second kappa shape index (κ2) is 7.12. The van der Waals surface area contributed by atoms with Gasteiger partial charge in [0.25, 0.3) is 5.91 Å². The third kappa shape index (κ3) is 4.78. The van der Waals surface area contributed by atoms with Crippen LogP contribution >= 0.6 is 0 Å². The van der Waals surface area contributed by atoms with Gasteiger partial charge in [-0.1, -0.05) is 0 Å². The SMILES string of the molecule is Cc1cc(C(=O)NCCCN2CCNC(=O)C2)nc(C)n1. The van der Waals surface area contributed by atoms with E-state index in [1.54, 1.807) is 13.0 Å². The van der Waals surface area contributed by atoms with Crippen LogP contribution in [0.3, 0.4) is 0 Å². The van der Waals surface area contributed by atoms with Crippen molar-refractivity contribution in [2.24, 2.45) is 0 Å². The van der Waals surface area contributed by atoms with E-state index in [-0.39, 0.29) is 11.8 Å². The van der Waals surface area contributed by atoms with Crippen LogP contribution in [0.4, 0.5) is 0 Å². The van der Waals surface area contributed by atoms with Crippen LogP contribution < -0.4 is 10.6 Å². The number of aryl methyl sites for hydroxylation is 2. The van der Waals surface area contributed by atoms with E-state index in [2.05, 4.69) is 25.5 Å². The summed E-state index contributed by atoms with van der Waals surface area (Å²) in [6, 6.07) is 1.68. The van der Waals surface area contributed by atoms with Crippen LogP contribution in [0.5, 0.6) is 0 Å². The number of aromatic nitrogens is 2. The molecule has 7 heteroatoms. The van der Waals surface area contributed by atoms with Crippen molar-refractivity contribution in [3.8, 4) is 0 Å². The van der Waals surface area contributed by atoms with E-state index in [9.17, 15) is 9.59 Å². The van der Waals surface area contributed by atoms with Crippen molar-refractivity contribution in [3.05, 3.63) is 23.3 Å². The summed E-state index contributed by atoms with van der Waals surface area (Å²) in [6.45, 7) is 6.99. The molecule has 1 aliphatic rings. The van der Waals surface area contributed by atoms with Crippen LogP contribution in [0.15, 0.2) is 6.07 Å². The summed E-state index contributed by atoms with van der Waals surface area (Å²) in [4.78, 5) is 33.6. The molecule has 1 saturated heterocycles. The summed E-state index contributed by atoms with van der Waals surface area (Å²) < 4.78 is 0. The molecule has 2 heterocycles. The van der Waals surface area contributed by atoms with Gasteiger partial charge in [0.1, 0.15) is 11.5 Å². The summed E-state index contributed by atoms with van der Waals surface area (Å²) in [7, 11) is 0. The Morgan fingerprint density at radius 1 is 1.43 bits per heavy atom. The van der Waals surface area contributed by atoms with Crippen LogP contribution in [-0.4, -0.2) is 59.4 Å². The third-order valence-electron chi connectivity index (χ3n) is 3.25. The average molecular weight is 291 g/mol. The Morgan fingerprint density at radius 2 is 2.24 bits per heavy atom. The summed E-state index contributed by atoms with van der Waals surface area (Å²) in [6.07, 6.45) is 0.808. The number of carbonyl (C=O) groups excluding carboxylic acids is 2. The Hall–Kier alpha value is -2.02. The Kier molecular flexibility index (Phi) is 5.21. The molecule has 1 aliphatic heterocycles. The van der Waals surface area contributed by atoms with Crippen molar-refractivity contribution in [3.63, 3.8) is 0 Å². The molecular weight excluding hydrogens is 270 g/mol. The highest BCUT2D eigenvalue weighted by Gasteiger charge is 2.15. The fraction of sp³-hybridized carbons (Fsp3) is 0.571. The van der Waals surface area contributed by atoms with Gasteiger partial charge >= 0.3 is 0 Å². The average Bonchev–Trinajstić information content (AvgIpc) is 2.42. The summed E-state index contributed by atoms with van der Waals surface area (Å²) in [5.41, 5.74) is 1.18. The molecule has 1 aromatic heterocycles. The smallest absolute Gasteiger partial charge is 0.270 e. The number of nitrogens with one attached hydrogen (secondary N) is 2. The van der Waals surface area contributed by atoms with Gasteiger partial charge in [-0.25, -0.2) is 9.97 Å². The molecule has 1 fully saturated rings. The molecule has 0 radical (unpaired) electrons. The van der Waals surface area contributed by atoms with Crippen molar-refractivity contribution in [1.82, 2.24) is 25.5 Å². The standard InChI is InChI=1S/C14H21N5O2/c1-10-8-12(18-11(2)17-10)14(21)16-4-3-6-19-7-5-15-13(20)9-19/h8H,3-7,9H2,1-2H3,(H,15,20)(H,16,21). The third-order valence-corrected chi connectivity index (χ3v) is 3.25. The second-order valence-electron chi connectivity index (χ2n) is 5.18. The van der Waals surface area contributed by atoms with Crippen molar-refractivity contribution in [2.45, 2.75) is 20.3 Å². The van der Waals surface area contributed by atoms with Crippen molar-refractivity contribution >= 4 is 11.8 Å². The maximum absolute atomic E-state index is 12.0. The monoisotopic (exact) mass is 291 g/mol. The lowest BCUT2D eigenvalue weighted by molar-refractivity contribution is -0.124. The van der Waals surface area contributed by atoms with Crippen LogP contribution in [0.1, 0.15) is 28.4 Å². The highest BCUT2D eigenvalue weighted by atomic mass is 16.2. The summed E-state index contributed by atoms with van der Waals surface area (Å²) >= 11 is 0. The number of nitrogens with zero attached hydrogens (tertiary/aromatic N) is 3. The molecule has 7 nitrogen and oxygen atoms in total. The van der Waals surface area contributed by atoms with Crippen molar-refractivity contribution in [1.29, 1.82) is 0 Å². The molecule has 2 rings (SSSR count). The normalized spacial score (nSPS) is 15.6. The van der Waals surface area contributed by atoms with Gasteiger partial charge in [-0.3, -0.25) is 14.5 Å². The fourth-order valence-electron chi connectivity index (χ4n) is 2.31. The molecular formula is C14H21N5O2. The van der Waals surface area contributed by atoms with E-state index in [1.165, 1.54) is 0 Å². The molecule has 2 amide bonds. The van der Waals surface area contributed by atoms with Crippen LogP contribution in [0, 0.1) is 13.8 Å². The Balaban J connectivity index is 1.73. The lowest BCUT2D eigenvalue weighted by Gasteiger charge is -2.26. The highest BCUT2D eigenvalue weighted by molar-refractivity contribution is 5.92. The van der Waals surface area contributed by atoms with Crippen LogP contribution in [-0.2, 0) is 4.79 Å². The number of piperazine rings is 1. The number of amides is 2. The zero-order chi connectivity index (χ0) is 15.2. The minimum atomic E-state index is -0.181. The number of hydrogen-bond donors (Lipinski definition) is 2. The Bertz CT molecular complexity index is 512. The predicted molar refractivity (Wildman–Crippen MR) is 77.9 cm³/mol. The van der Waals surface area contributed by atoms with E-state index in [4.69, 9.17) is 0 Å². The first-order valence-corrected chi connectivity index (χ1v) is 7.14. The largest absolute Gasteiger partial charge is 0.354 e. The Morgan fingerprint density at radius 3 is 2.95 bits per heavy atom. The van der Waals surface area contributed by atoms with Crippen molar-refractivity contribution < 1.29 is 9.59 Å². The molecule has 0 atom stereocenters. The molecule has 1 aromatic rings. The second-order valence-corrected chi connectivity index (χ2v) is 5.18. The van der Waals surface area contributed by atoms with E-state index >= 15 is 0 Å². The molecule has 114 valence electrons. The zero-order valence-corrected chi connectivity index (χ0v) is 12.5. The minimum Gasteiger partial charge on any atom is -0.354 e. The van der Waals surface area contributed by atoms with E-state index in [0.717, 1.165) is 25.2 Å². The topological polar surface area (TPSA) is 87.2 Å². The Labute approximate surface area is 124 Å². The molecule has 0 aromatic carbocycles. The molecule has 2 N–H and O–H groups in total. The predicted octanol–water partition coefficient (Wildman–Crippen LogP) is -0.355. The van der Waals surface area contributed by atoms with Gasteiger partial charge in [0, 0.05) is 31.9 Å². The number of rotatable bonds is 5. The van der Waals surface area contributed by atoms with Gasteiger partial charge in [-0.2, -0.15) is 0 Å². The van der Waals surface area contributed by atoms with Crippen LogP contribution in [0.2, 0.25) is 0 Å². The lowest BCUT2D eigenvalue weighted by atomic mass is 10.3. The first-order chi connectivity index (χ1) is 10.0. The number of carbonyl (C=O) groups is 2. The quantitative estimate of drug-likeness (QED) is 0.724. The van der Waals surface area contributed by atoms with Gasteiger partial charge < -0.3 is 10.6 Å². The summed E-state index contributed by atoms with van der Waals surface area (Å²) in [5.74, 6) is 0.483. The summed E-state index contributed by atoms with van der Waals surface area (Å²) in [5, 5.41) is 5.64. The maximum atomic E-state index is 12.0. The first kappa shape index (κ1) is 15.4. The zero-order valence-electron chi connectivity index (χ0n) is 12.5. The maximum Gasteiger partial charge on any atom is 0.270 e. The minimum absolute atomic E-state index is 0.0669. The molecule has 0 saturated carbocycles. The molecule has 0 unspecified atom stereocenters. The van der Waals surface area contributed by atoms with Gasteiger partial charge in [0.15, 0.2) is 0 Å². The van der Waals surface area contributed by atoms with Gasteiger partial charge in [0.2, 0.25) is 5.91 Å². The first-order valence-electron chi connectivity index (χ1n) is 7.14. The van der Waals surface area contributed by atoms with Gasteiger partial charge in [-0.15, -0.1) is 0 Å². The number of hydrogen-bond acceptors (Lipinski definition) is 5. The van der Waals surface area contributed by atoms with Crippen molar-refractivity contribution in [2.75, 3.05) is 32.7 Å². The van der Waals surface area contributed by atoms with Gasteiger partial charge in [0.05, 0.1) is 6.54 Å². The van der Waals surface area contributed by atoms with E-state index in [0.29, 0.717) is 31.2 Å².